The van der Waals surface area contributed by atoms with Crippen molar-refractivity contribution in [1.82, 2.24) is 4.31 Å². The summed E-state index contributed by atoms with van der Waals surface area (Å²) in [5.74, 6) is -0.526. The Labute approximate surface area is 164 Å². The molecular formula is C22H19NO4S. The Balaban J connectivity index is 1.65. The molecule has 1 saturated heterocycles. The third-order valence-electron chi connectivity index (χ3n) is 5.23. The van der Waals surface area contributed by atoms with Crippen molar-refractivity contribution < 1.29 is 17.9 Å². The molecule has 0 saturated carbocycles. The van der Waals surface area contributed by atoms with Crippen LogP contribution in [0.5, 0.6) is 5.75 Å². The number of ether oxygens (including phenoxy) is 2. The number of para-hydroxylation sites is 1. The fourth-order valence-electron chi connectivity index (χ4n) is 3.76. The van der Waals surface area contributed by atoms with Gasteiger partial charge in [-0.3, -0.25) is 0 Å². The molecule has 2 bridgehead atoms. The second-order valence-corrected chi connectivity index (χ2v) is 8.98. The molecule has 2 unspecified atom stereocenters. The van der Waals surface area contributed by atoms with E-state index in [0.29, 0.717) is 11.3 Å². The summed E-state index contributed by atoms with van der Waals surface area (Å²) in [5.41, 5.74) is 2.50. The van der Waals surface area contributed by atoms with Crippen molar-refractivity contribution in [3.05, 3.63) is 95.6 Å². The van der Waals surface area contributed by atoms with E-state index in [1.165, 1.54) is 4.31 Å². The Morgan fingerprint density at radius 3 is 2.36 bits per heavy atom. The SMILES string of the molecule is Cc1ccc(S(=O)(=O)N2CC3(c4ccccc4)Oc4ccccc4C2O3)cc1. The Kier molecular flexibility index (Phi) is 3.84. The van der Waals surface area contributed by atoms with Crippen LogP contribution in [0.4, 0.5) is 0 Å². The van der Waals surface area contributed by atoms with E-state index in [1.54, 1.807) is 24.3 Å². The summed E-state index contributed by atoms with van der Waals surface area (Å²) in [7, 11) is -3.77. The average Bonchev–Trinajstić information content (AvgIpc) is 3.05. The van der Waals surface area contributed by atoms with Gasteiger partial charge in [0.25, 0.3) is 5.79 Å². The van der Waals surface area contributed by atoms with Gasteiger partial charge in [0, 0.05) is 11.1 Å². The molecule has 2 aliphatic heterocycles. The minimum Gasteiger partial charge on any atom is -0.456 e. The summed E-state index contributed by atoms with van der Waals surface area (Å²) in [6.07, 6.45) is -0.739. The van der Waals surface area contributed by atoms with Crippen molar-refractivity contribution in [2.24, 2.45) is 0 Å². The van der Waals surface area contributed by atoms with Crippen molar-refractivity contribution >= 4 is 10.0 Å². The van der Waals surface area contributed by atoms with Crippen molar-refractivity contribution in [3.8, 4) is 5.75 Å². The lowest BCUT2D eigenvalue weighted by Crippen LogP contribution is -2.39. The van der Waals surface area contributed by atoms with Crippen LogP contribution in [0.2, 0.25) is 0 Å². The van der Waals surface area contributed by atoms with E-state index >= 15 is 0 Å². The highest BCUT2D eigenvalue weighted by atomic mass is 32.2. The quantitative estimate of drug-likeness (QED) is 0.676. The minimum atomic E-state index is -3.77. The molecule has 6 heteroatoms. The van der Waals surface area contributed by atoms with Crippen molar-refractivity contribution in [2.45, 2.75) is 23.8 Å². The van der Waals surface area contributed by atoms with Crippen LogP contribution >= 0.6 is 0 Å². The van der Waals surface area contributed by atoms with Gasteiger partial charge in [0.05, 0.1) is 11.4 Å². The minimum absolute atomic E-state index is 0.0760. The highest BCUT2D eigenvalue weighted by molar-refractivity contribution is 7.89. The summed E-state index contributed by atoms with van der Waals surface area (Å²) in [6, 6.07) is 23.8. The summed E-state index contributed by atoms with van der Waals surface area (Å²) in [4.78, 5) is 0.245. The van der Waals surface area contributed by atoms with Crippen LogP contribution in [0.15, 0.2) is 83.8 Å². The van der Waals surface area contributed by atoms with Crippen molar-refractivity contribution in [1.29, 1.82) is 0 Å². The Hall–Kier alpha value is -2.67. The number of sulfonamides is 1. The molecule has 2 heterocycles. The van der Waals surface area contributed by atoms with Gasteiger partial charge in [0.1, 0.15) is 5.75 Å². The van der Waals surface area contributed by atoms with Crippen LogP contribution in [0.25, 0.3) is 0 Å². The normalized spacial score (nSPS) is 23.8. The van der Waals surface area contributed by atoms with E-state index in [4.69, 9.17) is 9.47 Å². The molecule has 3 aromatic rings. The van der Waals surface area contributed by atoms with Crippen LogP contribution in [0.3, 0.4) is 0 Å². The molecule has 5 nitrogen and oxygen atoms in total. The van der Waals surface area contributed by atoms with Gasteiger partial charge in [0.15, 0.2) is 6.23 Å². The lowest BCUT2D eigenvalue weighted by molar-refractivity contribution is -0.194. The maximum absolute atomic E-state index is 13.5. The Bertz CT molecular complexity index is 1130. The van der Waals surface area contributed by atoms with Gasteiger partial charge in [-0.15, -0.1) is 0 Å². The first-order valence-electron chi connectivity index (χ1n) is 9.09. The monoisotopic (exact) mass is 393 g/mol. The first-order chi connectivity index (χ1) is 13.5. The van der Waals surface area contributed by atoms with Crippen LogP contribution < -0.4 is 4.74 Å². The molecule has 28 heavy (non-hydrogen) atoms. The molecule has 3 aromatic carbocycles. The number of rotatable bonds is 3. The Morgan fingerprint density at radius 1 is 0.929 bits per heavy atom. The second-order valence-electron chi connectivity index (χ2n) is 7.09. The van der Waals surface area contributed by atoms with E-state index in [-0.39, 0.29) is 11.4 Å². The number of hydrogen-bond acceptors (Lipinski definition) is 4. The fraction of sp³-hybridized carbons (Fsp3) is 0.182. The molecular weight excluding hydrogens is 374 g/mol. The van der Waals surface area contributed by atoms with Gasteiger partial charge in [-0.2, -0.15) is 4.31 Å². The van der Waals surface area contributed by atoms with Crippen LogP contribution in [-0.4, -0.2) is 19.3 Å². The summed E-state index contributed by atoms with van der Waals surface area (Å²) in [5, 5.41) is 0. The molecule has 1 fully saturated rings. The molecule has 142 valence electrons. The highest BCUT2D eigenvalue weighted by Crippen LogP contribution is 2.52. The predicted molar refractivity (Wildman–Crippen MR) is 104 cm³/mol. The number of aryl methyl sites for hydroxylation is 1. The lowest BCUT2D eigenvalue weighted by atomic mass is 10.1. The number of benzene rings is 3. The summed E-state index contributed by atoms with van der Waals surface area (Å²) < 4.78 is 40.8. The smallest absolute Gasteiger partial charge is 0.253 e. The fourth-order valence-corrected chi connectivity index (χ4v) is 5.26. The molecule has 2 atom stereocenters. The number of hydrogen-bond donors (Lipinski definition) is 0. The maximum atomic E-state index is 13.5. The average molecular weight is 393 g/mol. The third kappa shape index (κ3) is 2.57. The first kappa shape index (κ1) is 17.4. The van der Waals surface area contributed by atoms with Gasteiger partial charge in [-0.25, -0.2) is 8.42 Å². The zero-order valence-electron chi connectivity index (χ0n) is 15.3. The van der Waals surface area contributed by atoms with Gasteiger partial charge in [-0.05, 0) is 25.1 Å². The van der Waals surface area contributed by atoms with E-state index in [2.05, 4.69) is 0 Å². The van der Waals surface area contributed by atoms with E-state index in [0.717, 1.165) is 11.1 Å². The third-order valence-corrected chi connectivity index (χ3v) is 7.03. The van der Waals surface area contributed by atoms with Gasteiger partial charge in [-0.1, -0.05) is 66.2 Å². The van der Waals surface area contributed by atoms with Crippen molar-refractivity contribution in [2.75, 3.05) is 6.54 Å². The molecule has 5 rings (SSSR count). The summed E-state index contributed by atoms with van der Waals surface area (Å²) >= 11 is 0. The standard InChI is InChI=1S/C22H19NO4S/c1-16-11-13-18(14-12-16)28(24,25)23-15-22(17-7-3-2-4-8-17)26-20-10-6-5-9-19(20)21(23)27-22/h2-14,21H,15H2,1H3. The topological polar surface area (TPSA) is 55.8 Å². The molecule has 2 aliphatic rings. The van der Waals surface area contributed by atoms with Crippen molar-refractivity contribution in [3.63, 3.8) is 0 Å². The molecule has 0 radical (unpaired) electrons. The predicted octanol–water partition coefficient (Wildman–Crippen LogP) is 3.96. The second kappa shape index (κ2) is 6.17. The van der Waals surface area contributed by atoms with Crippen LogP contribution in [0, 0.1) is 6.92 Å². The zero-order valence-corrected chi connectivity index (χ0v) is 16.1. The lowest BCUT2D eigenvalue weighted by Gasteiger charge is -2.34. The van der Waals surface area contributed by atoms with E-state index < -0.39 is 22.0 Å². The Morgan fingerprint density at radius 2 is 1.61 bits per heavy atom. The van der Waals surface area contributed by atoms with E-state index in [1.807, 2.05) is 61.5 Å². The summed E-state index contributed by atoms with van der Waals surface area (Å²) in [6.45, 7) is 2.00. The zero-order chi connectivity index (χ0) is 19.4. The number of fused-ring (bicyclic) bond motifs is 4. The molecule has 0 aromatic heterocycles. The van der Waals surface area contributed by atoms with Crippen LogP contribution in [-0.2, 0) is 20.5 Å². The number of nitrogens with zero attached hydrogens (tertiary/aromatic N) is 1. The molecule has 0 N–H and O–H groups in total. The largest absolute Gasteiger partial charge is 0.456 e. The first-order valence-corrected chi connectivity index (χ1v) is 10.5. The molecule has 0 aliphatic carbocycles. The van der Waals surface area contributed by atoms with Gasteiger partial charge < -0.3 is 9.47 Å². The van der Waals surface area contributed by atoms with Crippen LogP contribution in [0.1, 0.15) is 22.9 Å². The van der Waals surface area contributed by atoms with Gasteiger partial charge >= 0.3 is 0 Å². The highest BCUT2D eigenvalue weighted by Gasteiger charge is 2.57. The molecule has 0 spiro atoms. The van der Waals surface area contributed by atoms with Gasteiger partial charge in [0.2, 0.25) is 10.0 Å². The molecule has 0 amide bonds. The maximum Gasteiger partial charge on any atom is 0.253 e. The van der Waals surface area contributed by atoms with E-state index in [9.17, 15) is 8.42 Å².